The maximum absolute atomic E-state index is 11.2. The SMILES string of the molecule is CC#CCC(=O)C(C)C(C)C. The Balaban J connectivity index is 3.90. The number of Topliss-reactive ketones (excluding diaryl/α,β-unsaturated/α-hetero) is 1. The third-order valence-corrected chi connectivity index (χ3v) is 1.95. The van der Waals surface area contributed by atoms with E-state index in [0.717, 1.165) is 0 Å². The Morgan fingerprint density at radius 1 is 1.36 bits per heavy atom. The molecule has 62 valence electrons. The van der Waals surface area contributed by atoms with Crippen molar-refractivity contribution in [3.63, 3.8) is 0 Å². The zero-order valence-electron chi connectivity index (χ0n) is 7.77. The summed E-state index contributed by atoms with van der Waals surface area (Å²) in [6.07, 6.45) is 0.413. The predicted octanol–water partition coefficient (Wildman–Crippen LogP) is 2.26. The second-order valence-corrected chi connectivity index (χ2v) is 3.10. The Morgan fingerprint density at radius 3 is 2.27 bits per heavy atom. The average molecular weight is 152 g/mol. The van der Waals surface area contributed by atoms with Gasteiger partial charge in [-0.25, -0.2) is 0 Å². The quantitative estimate of drug-likeness (QED) is 0.567. The standard InChI is InChI=1S/C10H16O/c1-5-6-7-10(11)9(4)8(2)3/h8-9H,7H2,1-4H3. The molecule has 1 heteroatoms. The van der Waals surface area contributed by atoms with E-state index in [2.05, 4.69) is 25.7 Å². The normalized spacial score (nSPS) is 12.1. The highest BCUT2D eigenvalue weighted by Gasteiger charge is 2.14. The zero-order chi connectivity index (χ0) is 8.85. The number of hydrogen-bond acceptors (Lipinski definition) is 1. The summed E-state index contributed by atoms with van der Waals surface area (Å²) < 4.78 is 0. The average Bonchev–Trinajstić information content (AvgIpc) is 1.98. The first-order chi connectivity index (χ1) is 5.09. The van der Waals surface area contributed by atoms with Crippen LogP contribution >= 0.6 is 0 Å². The molecule has 1 nitrogen and oxygen atoms in total. The fourth-order valence-corrected chi connectivity index (χ4v) is 0.708. The lowest BCUT2D eigenvalue weighted by Crippen LogP contribution is -2.15. The minimum Gasteiger partial charge on any atom is -0.298 e. The van der Waals surface area contributed by atoms with Crippen LogP contribution in [0.4, 0.5) is 0 Å². The van der Waals surface area contributed by atoms with Crippen LogP contribution in [-0.2, 0) is 4.79 Å². The molecule has 0 aromatic rings. The van der Waals surface area contributed by atoms with Crippen molar-refractivity contribution in [2.45, 2.75) is 34.1 Å². The molecule has 0 bridgehead atoms. The largest absolute Gasteiger partial charge is 0.298 e. The Labute approximate surface area is 69.2 Å². The first-order valence-corrected chi connectivity index (χ1v) is 4.02. The minimum absolute atomic E-state index is 0.149. The number of hydrogen-bond donors (Lipinski definition) is 0. The fourth-order valence-electron chi connectivity index (χ4n) is 0.708. The highest BCUT2D eigenvalue weighted by molar-refractivity contribution is 5.83. The van der Waals surface area contributed by atoms with Crippen LogP contribution in [0, 0.1) is 23.7 Å². The van der Waals surface area contributed by atoms with E-state index in [4.69, 9.17) is 0 Å². The molecule has 0 aliphatic rings. The summed E-state index contributed by atoms with van der Waals surface area (Å²) in [6, 6.07) is 0. The van der Waals surface area contributed by atoms with Gasteiger partial charge < -0.3 is 0 Å². The van der Waals surface area contributed by atoms with Gasteiger partial charge in [0.05, 0.1) is 6.42 Å². The van der Waals surface area contributed by atoms with Crippen molar-refractivity contribution in [3.05, 3.63) is 0 Å². The predicted molar refractivity (Wildman–Crippen MR) is 47.1 cm³/mol. The molecule has 1 atom stereocenters. The molecule has 0 rings (SSSR count). The fraction of sp³-hybridized carbons (Fsp3) is 0.700. The van der Waals surface area contributed by atoms with Gasteiger partial charge in [-0.15, -0.1) is 5.92 Å². The molecule has 0 fully saturated rings. The van der Waals surface area contributed by atoms with Crippen molar-refractivity contribution >= 4 is 5.78 Å². The van der Waals surface area contributed by atoms with Gasteiger partial charge in [-0.1, -0.05) is 26.7 Å². The van der Waals surface area contributed by atoms with Crippen LogP contribution in [0.15, 0.2) is 0 Å². The molecule has 0 aromatic heterocycles. The third-order valence-electron chi connectivity index (χ3n) is 1.95. The van der Waals surface area contributed by atoms with E-state index in [-0.39, 0.29) is 11.7 Å². The summed E-state index contributed by atoms with van der Waals surface area (Å²) in [5, 5.41) is 0. The van der Waals surface area contributed by atoms with Gasteiger partial charge in [0.25, 0.3) is 0 Å². The lowest BCUT2D eigenvalue weighted by atomic mass is 9.92. The van der Waals surface area contributed by atoms with Crippen LogP contribution in [0.2, 0.25) is 0 Å². The van der Waals surface area contributed by atoms with Gasteiger partial charge >= 0.3 is 0 Å². The van der Waals surface area contributed by atoms with Gasteiger partial charge in [0.1, 0.15) is 5.78 Å². The van der Waals surface area contributed by atoms with Crippen LogP contribution in [-0.4, -0.2) is 5.78 Å². The van der Waals surface area contributed by atoms with Crippen LogP contribution < -0.4 is 0 Å². The first-order valence-electron chi connectivity index (χ1n) is 4.02. The first kappa shape index (κ1) is 10.2. The number of carbonyl (C=O) groups excluding carboxylic acids is 1. The van der Waals surface area contributed by atoms with E-state index in [1.54, 1.807) is 6.92 Å². The molecular weight excluding hydrogens is 136 g/mol. The van der Waals surface area contributed by atoms with Crippen LogP contribution in [0.3, 0.4) is 0 Å². The lowest BCUT2D eigenvalue weighted by molar-refractivity contribution is -0.122. The van der Waals surface area contributed by atoms with Crippen molar-refractivity contribution in [3.8, 4) is 11.8 Å². The van der Waals surface area contributed by atoms with Gasteiger partial charge in [-0.3, -0.25) is 4.79 Å². The zero-order valence-corrected chi connectivity index (χ0v) is 7.77. The van der Waals surface area contributed by atoms with E-state index >= 15 is 0 Å². The van der Waals surface area contributed by atoms with Crippen molar-refractivity contribution in [2.24, 2.45) is 11.8 Å². The molecule has 0 N–H and O–H groups in total. The Kier molecular flexibility index (Phi) is 4.61. The maximum Gasteiger partial charge on any atom is 0.147 e. The molecule has 11 heavy (non-hydrogen) atoms. The topological polar surface area (TPSA) is 17.1 Å². The van der Waals surface area contributed by atoms with E-state index in [1.807, 2.05) is 6.92 Å². The second kappa shape index (κ2) is 4.96. The van der Waals surface area contributed by atoms with Gasteiger partial charge in [0.2, 0.25) is 0 Å². The van der Waals surface area contributed by atoms with E-state index in [9.17, 15) is 4.79 Å². The number of ketones is 1. The molecule has 0 saturated carbocycles. The van der Waals surface area contributed by atoms with Gasteiger partial charge in [0.15, 0.2) is 0 Å². The van der Waals surface area contributed by atoms with Crippen molar-refractivity contribution in [1.82, 2.24) is 0 Å². The summed E-state index contributed by atoms with van der Waals surface area (Å²) >= 11 is 0. The molecule has 1 unspecified atom stereocenters. The number of carbonyl (C=O) groups is 1. The molecule has 0 aliphatic carbocycles. The van der Waals surface area contributed by atoms with Gasteiger partial charge in [0, 0.05) is 5.92 Å². The minimum atomic E-state index is 0.149. The van der Waals surface area contributed by atoms with Gasteiger partial charge in [-0.05, 0) is 12.8 Å². The second-order valence-electron chi connectivity index (χ2n) is 3.10. The van der Waals surface area contributed by atoms with Crippen LogP contribution in [0.25, 0.3) is 0 Å². The molecule has 0 heterocycles. The van der Waals surface area contributed by atoms with E-state index in [0.29, 0.717) is 12.3 Å². The lowest BCUT2D eigenvalue weighted by Gasteiger charge is -2.11. The number of rotatable bonds is 3. The molecule has 0 saturated heterocycles. The van der Waals surface area contributed by atoms with E-state index < -0.39 is 0 Å². The van der Waals surface area contributed by atoms with Crippen LogP contribution in [0.1, 0.15) is 34.1 Å². The summed E-state index contributed by atoms with van der Waals surface area (Å²) in [5.74, 6) is 6.35. The van der Waals surface area contributed by atoms with Crippen molar-refractivity contribution < 1.29 is 4.79 Å². The summed E-state index contributed by atoms with van der Waals surface area (Å²) in [6.45, 7) is 7.83. The summed E-state index contributed by atoms with van der Waals surface area (Å²) in [4.78, 5) is 11.2. The van der Waals surface area contributed by atoms with E-state index in [1.165, 1.54) is 0 Å². The summed E-state index contributed by atoms with van der Waals surface area (Å²) in [5.41, 5.74) is 0. The highest BCUT2D eigenvalue weighted by Crippen LogP contribution is 2.11. The monoisotopic (exact) mass is 152 g/mol. The van der Waals surface area contributed by atoms with Crippen molar-refractivity contribution in [2.75, 3.05) is 0 Å². The Morgan fingerprint density at radius 2 is 1.91 bits per heavy atom. The highest BCUT2D eigenvalue weighted by atomic mass is 16.1. The third kappa shape index (κ3) is 3.83. The molecule has 0 amide bonds. The molecule has 0 aliphatic heterocycles. The molecule has 0 radical (unpaired) electrons. The molecular formula is C10H16O. The molecule has 0 aromatic carbocycles. The Bertz CT molecular complexity index is 181. The smallest absolute Gasteiger partial charge is 0.147 e. The van der Waals surface area contributed by atoms with Crippen molar-refractivity contribution in [1.29, 1.82) is 0 Å². The maximum atomic E-state index is 11.2. The molecule has 0 spiro atoms. The summed E-state index contributed by atoms with van der Waals surface area (Å²) in [7, 11) is 0. The van der Waals surface area contributed by atoms with Crippen LogP contribution in [0.5, 0.6) is 0 Å². The Hall–Kier alpha value is -0.770. The van der Waals surface area contributed by atoms with Gasteiger partial charge in [-0.2, -0.15) is 0 Å².